The fourth-order valence-electron chi connectivity index (χ4n) is 5.38. The maximum absolute atomic E-state index is 4.95. The van der Waals surface area contributed by atoms with Crippen LogP contribution in [0.3, 0.4) is 0 Å². The third-order valence-corrected chi connectivity index (χ3v) is 7.80. The first-order valence-corrected chi connectivity index (χ1v) is 18.2. The number of aliphatic imine (C=N–C) groups is 1. The second-order valence-corrected chi connectivity index (χ2v) is 13.0. The van der Waals surface area contributed by atoms with Gasteiger partial charge in [-0.05, 0) is 122 Å². The molecule has 0 bridgehead atoms. The molecule has 3 nitrogen and oxygen atoms in total. The van der Waals surface area contributed by atoms with Crippen LogP contribution in [0, 0.1) is 13.8 Å². The van der Waals surface area contributed by atoms with Crippen LogP contribution in [-0.2, 0) is 0 Å². The quantitative estimate of drug-likeness (QED) is 0.0924. The van der Waals surface area contributed by atoms with Gasteiger partial charge >= 0.3 is 0 Å². The summed E-state index contributed by atoms with van der Waals surface area (Å²) >= 11 is 0. The minimum atomic E-state index is 0.491. The molecule has 0 spiro atoms. The maximum atomic E-state index is 4.95. The Hall–Kier alpha value is -5.41. The summed E-state index contributed by atoms with van der Waals surface area (Å²) in [6.07, 6.45) is 10.7. The molecule has 0 atom stereocenters. The van der Waals surface area contributed by atoms with Crippen LogP contribution in [0.15, 0.2) is 157 Å². The Bertz CT molecular complexity index is 1910. The highest BCUT2D eigenvalue weighted by Gasteiger charge is 2.12. The van der Waals surface area contributed by atoms with Crippen LogP contribution in [0.5, 0.6) is 0 Å². The van der Waals surface area contributed by atoms with Gasteiger partial charge in [-0.1, -0.05) is 137 Å². The van der Waals surface area contributed by atoms with Crippen molar-refractivity contribution >= 4 is 22.5 Å². The van der Waals surface area contributed by atoms with Crippen LogP contribution in [0.4, 0.5) is 5.69 Å². The Morgan fingerprint density at radius 1 is 0.712 bits per heavy atom. The van der Waals surface area contributed by atoms with Crippen molar-refractivity contribution in [1.82, 2.24) is 9.97 Å². The van der Waals surface area contributed by atoms with Crippen LogP contribution in [0.2, 0.25) is 0 Å². The van der Waals surface area contributed by atoms with E-state index < -0.39 is 0 Å². The van der Waals surface area contributed by atoms with E-state index in [0.717, 1.165) is 45.1 Å². The molecule has 0 fully saturated rings. The lowest BCUT2D eigenvalue weighted by Gasteiger charge is -2.16. The van der Waals surface area contributed by atoms with Crippen molar-refractivity contribution in [2.24, 2.45) is 4.99 Å². The second-order valence-electron chi connectivity index (χ2n) is 13.0. The fraction of sp³-hybridized carbons (Fsp3) is 0.245. The molecular formula is C49H59N3. The van der Waals surface area contributed by atoms with E-state index in [-0.39, 0.29) is 0 Å². The molecule has 2 heterocycles. The number of hydrogen-bond donors (Lipinski definition) is 0. The number of nitrogens with zero attached hydrogens (tertiary/aromatic N) is 3. The van der Waals surface area contributed by atoms with Crippen LogP contribution < -0.4 is 0 Å². The summed E-state index contributed by atoms with van der Waals surface area (Å²) in [5.41, 5.74) is 14.8. The Kier molecular flexibility index (Phi) is 19.0. The molecule has 0 unspecified atom stereocenters. The van der Waals surface area contributed by atoms with Gasteiger partial charge in [0.2, 0.25) is 0 Å². The summed E-state index contributed by atoms with van der Waals surface area (Å²) in [7, 11) is 0. The molecule has 3 aromatic carbocycles. The highest BCUT2D eigenvalue weighted by Crippen LogP contribution is 2.35. The van der Waals surface area contributed by atoms with E-state index >= 15 is 0 Å². The number of aryl methyl sites for hydroxylation is 2. The monoisotopic (exact) mass is 689 g/mol. The SMILES string of the molecule is C=C(/C=C(C)\C=C(/C)c1ccccn1)c1ccccn1.C=CC.CC(=Nc1cc(-c2ccccc2C(C)C)c(C)cc1C)c1ccccc1.CCC. The molecule has 5 aromatic rings. The summed E-state index contributed by atoms with van der Waals surface area (Å²) in [6.45, 7) is 28.6. The van der Waals surface area contributed by atoms with Gasteiger partial charge in [0.1, 0.15) is 0 Å². The summed E-state index contributed by atoms with van der Waals surface area (Å²) in [5.74, 6) is 0.491. The molecule has 0 N–H and O–H groups in total. The number of hydrogen-bond acceptors (Lipinski definition) is 3. The molecule has 5 rings (SSSR count). The molecule has 0 aliphatic heterocycles. The third kappa shape index (κ3) is 14.1. The van der Waals surface area contributed by atoms with E-state index in [1.165, 1.54) is 34.2 Å². The zero-order valence-electron chi connectivity index (χ0n) is 33.2. The summed E-state index contributed by atoms with van der Waals surface area (Å²) < 4.78 is 0. The Labute approximate surface area is 315 Å². The van der Waals surface area contributed by atoms with Crippen LogP contribution in [-0.4, -0.2) is 15.7 Å². The lowest BCUT2D eigenvalue weighted by molar-refractivity contribution is 0.869. The van der Waals surface area contributed by atoms with Crippen molar-refractivity contribution in [3.8, 4) is 11.1 Å². The topological polar surface area (TPSA) is 38.1 Å². The molecule has 0 saturated carbocycles. The first kappa shape index (κ1) is 42.8. The predicted octanol–water partition coefficient (Wildman–Crippen LogP) is 14.4. The van der Waals surface area contributed by atoms with Crippen molar-refractivity contribution in [2.75, 3.05) is 0 Å². The van der Waals surface area contributed by atoms with Gasteiger partial charge in [0.05, 0.1) is 17.1 Å². The molecule has 0 aliphatic rings. The molecule has 0 saturated heterocycles. The van der Waals surface area contributed by atoms with Crippen molar-refractivity contribution in [1.29, 1.82) is 0 Å². The lowest BCUT2D eigenvalue weighted by atomic mass is 9.89. The smallest absolute Gasteiger partial charge is 0.0696 e. The maximum Gasteiger partial charge on any atom is 0.0696 e. The van der Waals surface area contributed by atoms with Crippen LogP contribution in [0.25, 0.3) is 22.3 Å². The van der Waals surface area contributed by atoms with Gasteiger partial charge in [0.15, 0.2) is 0 Å². The summed E-state index contributed by atoms with van der Waals surface area (Å²) in [4.78, 5) is 13.6. The first-order chi connectivity index (χ1) is 25.0. The van der Waals surface area contributed by atoms with E-state index in [0.29, 0.717) is 5.92 Å². The van der Waals surface area contributed by atoms with E-state index in [1.54, 1.807) is 18.5 Å². The fourth-order valence-corrected chi connectivity index (χ4v) is 5.38. The van der Waals surface area contributed by atoms with Gasteiger partial charge in [-0.2, -0.15) is 0 Å². The molecule has 2 aromatic heterocycles. The van der Waals surface area contributed by atoms with E-state index in [2.05, 4.69) is 152 Å². The van der Waals surface area contributed by atoms with Gasteiger partial charge < -0.3 is 0 Å². The molecule has 0 radical (unpaired) electrons. The second kappa shape index (κ2) is 23.1. The van der Waals surface area contributed by atoms with Gasteiger partial charge in [0.25, 0.3) is 0 Å². The normalized spacial score (nSPS) is 11.2. The van der Waals surface area contributed by atoms with E-state index in [1.807, 2.05) is 55.5 Å². The number of pyridine rings is 2. The highest BCUT2D eigenvalue weighted by molar-refractivity contribution is 6.00. The first-order valence-electron chi connectivity index (χ1n) is 18.2. The minimum absolute atomic E-state index is 0.491. The zero-order valence-corrected chi connectivity index (χ0v) is 33.2. The molecule has 52 heavy (non-hydrogen) atoms. The van der Waals surface area contributed by atoms with Gasteiger partial charge in [-0.3, -0.25) is 15.0 Å². The largest absolute Gasteiger partial charge is 0.257 e. The van der Waals surface area contributed by atoms with Gasteiger partial charge in [-0.25, -0.2) is 0 Å². The van der Waals surface area contributed by atoms with Gasteiger partial charge in [0, 0.05) is 18.1 Å². The summed E-state index contributed by atoms with van der Waals surface area (Å²) in [5, 5.41) is 0. The van der Waals surface area contributed by atoms with Crippen LogP contribution in [0.1, 0.15) is 101 Å². The highest BCUT2D eigenvalue weighted by atomic mass is 14.7. The van der Waals surface area contributed by atoms with Crippen molar-refractivity contribution < 1.29 is 0 Å². The number of aromatic nitrogens is 2. The van der Waals surface area contributed by atoms with Crippen molar-refractivity contribution in [3.63, 3.8) is 0 Å². The average molecular weight is 690 g/mol. The number of benzene rings is 3. The Balaban J connectivity index is 0.000000321. The Morgan fingerprint density at radius 3 is 1.81 bits per heavy atom. The molecule has 270 valence electrons. The lowest BCUT2D eigenvalue weighted by Crippen LogP contribution is -1.96. The summed E-state index contributed by atoms with van der Waals surface area (Å²) in [6, 6.07) is 35.3. The van der Waals surface area contributed by atoms with Crippen molar-refractivity contribution in [3.05, 3.63) is 186 Å². The van der Waals surface area contributed by atoms with E-state index in [4.69, 9.17) is 4.99 Å². The van der Waals surface area contributed by atoms with Crippen molar-refractivity contribution in [2.45, 2.75) is 81.6 Å². The third-order valence-electron chi connectivity index (χ3n) is 7.80. The molecule has 3 heteroatoms. The molecule has 0 aliphatic carbocycles. The average Bonchev–Trinajstić information content (AvgIpc) is 3.14. The predicted molar refractivity (Wildman–Crippen MR) is 231 cm³/mol. The van der Waals surface area contributed by atoms with Gasteiger partial charge in [-0.15, -0.1) is 6.58 Å². The van der Waals surface area contributed by atoms with Crippen LogP contribution >= 0.6 is 0 Å². The Morgan fingerprint density at radius 2 is 1.25 bits per heavy atom. The minimum Gasteiger partial charge on any atom is -0.257 e. The van der Waals surface area contributed by atoms with E-state index in [9.17, 15) is 0 Å². The number of allylic oxidation sites excluding steroid dienone is 6. The molecule has 0 amide bonds. The standard InChI is InChI=1S/C25H27N.C18H18N2.C3H8.C3H6/c1-17(2)22-13-9-10-14-23(22)24-16-25(19(4)15-18(24)3)26-20(5)21-11-7-6-8-12-21;1-14(12-15(2)17-8-4-6-10-19-17)13-16(3)18-9-5-7-11-20-18;2*1-3-2/h6-17H,1-5H3;4-13H,2H2,1,3H3;3H2,1-2H3;3H,1H2,2H3/b;14-12-,16-13+;;. The zero-order chi connectivity index (χ0) is 38.5. The molecular weight excluding hydrogens is 631 g/mol. The number of rotatable bonds is 8.